The molecule has 28 heavy (non-hydrogen) atoms. The third-order valence-corrected chi connectivity index (χ3v) is 5.04. The second-order valence-corrected chi connectivity index (χ2v) is 6.93. The molecular weight excluding hydrogens is 373 g/mol. The highest BCUT2D eigenvalue weighted by atomic mass is 19.4. The van der Waals surface area contributed by atoms with Crippen LogP contribution in [-0.2, 0) is 12.7 Å². The molecule has 0 saturated carbocycles. The van der Waals surface area contributed by atoms with Crippen LogP contribution in [0.2, 0.25) is 0 Å². The van der Waals surface area contributed by atoms with Crippen molar-refractivity contribution < 1.29 is 18.1 Å². The summed E-state index contributed by atoms with van der Waals surface area (Å²) in [5.74, 6) is 0.367. The van der Waals surface area contributed by atoms with Gasteiger partial charge in [-0.25, -0.2) is 4.98 Å². The number of nitrogens with zero attached hydrogens (tertiary/aromatic N) is 4. The lowest BCUT2D eigenvalue weighted by Gasteiger charge is -2.37. The lowest BCUT2D eigenvalue weighted by atomic mass is 10.0. The molecule has 2 heterocycles. The van der Waals surface area contributed by atoms with Crippen LogP contribution in [0.3, 0.4) is 0 Å². The van der Waals surface area contributed by atoms with Crippen LogP contribution in [0.15, 0.2) is 42.6 Å². The van der Waals surface area contributed by atoms with Crippen LogP contribution < -0.4 is 4.90 Å². The molecule has 0 N–H and O–H groups in total. The van der Waals surface area contributed by atoms with Crippen molar-refractivity contribution in [2.45, 2.75) is 31.6 Å². The first-order valence-electron chi connectivity index (χ1n) is 8.96. The zero-order chi connectivity index (χ0) is 20.3. The smallest absolute Gasteiger partial charge is 0.351 e. The second-order valence-electron chi connectivity index (χ2n) is 6.93. The van der Waals surface area contributed by atoms with Crippen molar-refractivity contribution in [1.82, 2.24) is 9.88 Å². The summed E-state index contributed by atoms with van der Waals surface area (Å²) in [6.45, 7) is 1.63. The predicted octanol–water partition coefficient (Wildman–Crippen LogP) is 4.11. The normalized spacial score (nSPS) is 15.8. The lowest BCUT2D eigenvalue weighted by molar-refractivity contribution is -0.384. The fraction of sp³-hybridized carbons (Fsp3) is 0.421. The van der Waals surface area contributed by atoms with Crippen molar-refractivity contribution in [3.8, 4) is 0 Å². The molecule has 0 spiro atoms. The Morgan fingerprint density at radius 1 is 1.25 bits per heavy atom. The van der Waals surface area contributed by atoms with E-state index in [1.165, 1.54) is 30.5 Å². The minimum atomic E-state index is -4.35. The van der Waals surface area contributed by atoms with E-state index >= 15 is 0 Å². The zero-order valence-electron chi connectivity index (χ0n) is 15.4. The topological polar surface area (TPSA) is 62.5 Å². The van der Waals surface area contributed by atoms with E-state index in [2.05, 4.69) is 4.98 Å². The maximum Gasteiger partial charge on any atom is 0.416 e. The molecule has 0 bridgehead atoms. The minimum absolute atomic E-state index is 0.0155. The monoisotopic (exact) mass is 394 g/mol. The number of rotatable bonds is 5. The van der Waals surface area contributed by atoms with Crippen molar-refractivity contribution in [3.63, 3.8) is 0 Å². The van der Waals surface area contributed by atoms with E-state index < -0.39 is 16.7 Å². The van der Waals surface area contributed by atoms with Crippen molar-refractivity contribution >= 4 is 11.5 Å². The van der Waals surface area contributed by atoms with Gasteiger partial charge in [-0.1, -0.05) is 18.2 Å². The highest BCUT2D eigenvalue weighted by molar-refractivity contribution is 5.57. The van der Waals surface area contributed by atoms with Gasteiger partial charge in [-0.15, -0.1) is 0 Å². The maximum absolute atomic E-state index is 12.9. The van der Waals surface area contributed by atoms with E-state index in [9.17, 15) is 23.3 Å². The molecule has 1 aliphatic rings. The Bertz CT molecular complexity index is 836. The molecule has 6 nitrogen and oxygen atoms in total. The van der Waals surface area contributed by atoms with Gasteiger partial charge in [0.2, 0.25) is 5.82 Å². The Labute approximate surface area is 160 Å². The Kier molecular flexibility index (Phi) is 5.83. The fourth-order valence-electron chi connectivity index (χ4n) is 3.56. The lowest BCUT2D eigenvalue weighted by Crippen LogP contribution is -2.43. The van der Waals surface area contributed by atoms with Gasteiger partial charge in [-0.2, -0.15) is 13.2 Å². The molecule has 1 fully saturated rings. The number of hydrogen-bond donors (Lipinski definition) is 0. The molecular formula is C19H21F3N4O2. The highest BCUT2D eigenvalue weighted by Crippen LogP contribution is 2.31. The summed E-state index contributed by atoms with van der Waals surface area (Å²) < 4.78 is 38.6. The van der Waals surface area contributed by atoms with Crippen LogP contribution in [0.1, 0.15) is 24.0 Å². The van der Waals surface area contributed by atoms with Crippen LogP contribution in [0.4, 0.5) is 24.7 Å². The molecule has 0 atom stereocenters. The van der Waals surface area contributed by atoms with Crippen molar-refractivity contribution in [2.75, 3.05) is 25.0 Å². The molecule has 3 rings (SSSR count). The SMILES string of the molecule is CN(Cc1cccc(C(F)(F)F)c1)C1CCN(c2ncccc2[N+](=O)[O-])CC1. The Morgan fingerprint density at radius 2 is 1.96 bits per heavy atom. The highest BCUT2D eigenvalue weighted by Gasteiger charge is 2.31. The van der Waals surface area contributed by atoms with E-state index in [1.807, 2.05) is 16.8 Å². The molecule has 0 aliphatic carbocycles. The number of piperidine rings is 1. The molecule has 0 amide bonds. The van der Waals surface area contributed by atoms with E-state index in [-0.39, 0.29) is 11.7 Å². The molecule has 0 radical (unpaired) electrons. The largest absolute Gasteiger partial charge is 0.416 e. The first-order valence-corrected chi connectivity index (χ1v) is 8.96. The number of halogens is 3. The Balaban J connectivity index is 1.62. The summed E-state index contributed by atoms with van der Waals surface area (Å²) in [5.41, 5.74) is -0.0472. The van der Waals surface area contributed by atoms with Crippen LogP contribution in [0, 0.1) is 10.1 Å². The summed E-state index contributed by atoms with van der Waals surface area (Å²) >= 11 is 0. The zero-order valence-corrected chi connectivity index (χ0v) is 15.4. The average molecular weight is 394 g/mol. The molecule has 0 unspecified atom stereocenters. The third kappa shape index (κ3) is 4.59. The molecule has 2 aromatic rings. The van der Waals surface area contributed by atoms with Gasteiger partial charge in [-0.3, -0.25) is 15.0 Å². The van der Waals surface area contributed by atoms with Crippen LogP contribution >= 0.6 is 0 Å². The summed E-state index contributed by atoms with van der Waals surface area (Å²) in [6, 6.07) is 8.54. The van der Waals surface area contributed by atoms with Crippen LogP contribution in [0.25, 0.3) is 0 Å². The molecule has 1 aliphatic heterocycles. The summed E-state index contributed by atoms with van der Waals surface area (Å²) in [5, 5.41) is 11.2. The van der Waals surface area contributed by atoms with E-state index in [1.54, 1.807) is 6.07 Å². The van der Waals surface area contributed by atoms with Gasteiger partial charge in [-0.05, 0) is 37.6 Å². The molecule has 9 heteroatoms. The number of hydrogen-bond acceptors (Lipinski definition) is 5. The number of anilines is 1. The van der Waals surface area contributed by atoms with E-state index in [4.69, 9.17) is 0 Å². The number of aromatic nitrogens is 1. The van der Waals surface area contributed by atoms with Gasteiger partial charge >= 0.3 is 11.9 Å². The van der Waals surface area contributed by atoms with Gasteiger partial charge in [0.25, 0.3) is 0 Å². The maximum atomic E-state index is 12.9. The third-order valence-electron chi connectivity index (χ3n) is 5.04. The molecule has 150 valence electrons. The quantitative estimate of drug-likeness (QED) is 0.564. The minimum Gasteiger partial charge on any atom is -0.351 e. The standard InChI is InChI=1S/C19H21F3N4O2/c1-24(13-14-4-2-5-15(12-14)19(20,21)22)16-7-10-25(11-8-16)18-17(26(27)28)6-3-9-23-18/h2-6,9,12,16H,7-8,10-11,13H2,1H3. The van der Waals surface area contributed by atoms with Gasteiger partial charge in [0.15, 0.2) is 0 Å². The first-order chi connectivity index (χ1) is 13.3. The second kappa shape index (κ2) is 8.14. The molecule has 1 saturated heterocycles. The van der Waals surface area contributed by atoms with E-state index in [0.717, 1.165) is 18.9 Å². The van der Waals surface area contributed by atoms with E-state index in [0.29, 0.717) is 31.0 Å². The van der Waals surface area contributed by atoms with Crippen molar-refractivity contribution in [1.29, 1.82) is 0 Å². The molecule has 1 aromatic heterocycles. The number of pyridine rings is 1. The number of nitro groups is 1. The van der Waals surface area contributed by atoms with Crippen molar-refractivity contribution in [2.24, 2.45) is 0 Å². The Morgan fingerprint density at radius 3 is 2.61 bits per heavy atom. The van der Waals surface area contributed by atoms with Crippen LogP contribution in [0.5, 0.6) is 0 Å². The van der Waals surface area contributed by atoms with Crippen molar-refractivity contribution in [3.05, 3.63) is 63.8 Å². The number of benzene rings is 1. The first kappa shape index (κ1) is 20.1. The summed E-state index contributed by atoms with van der Waals surface area (Å²) in [7, 11) is 1.89. The summed E-state index contributed by atoms with van der Waals surface area (Å²) in [4.78, 5) is 18.8. The van der Waals surface area contributed by atoms with Gasteiger partial charge in [0.1, 0.15) is 0 Å². The van der Waals surface area contributed by atoms with Crippen LogP contribution in [-0.4, -0.2) is 41.0 Å². The van der Waals surface area contributed by atoms with Gasteiger partial charge in [0, 0.05) is 37.9 Å². The predicted molar refractivity (Wildman–Crippen MR) is 99.0 cm³/mol. The summed E-state index contributed by atoms with van der Waals surface area (Å²) in [6.07, 6.45) is -1.31. The van der Waals surface area contributed by atoms with Gasteiger partial charge in [0.05, 0.1) is 10.5 Å². The van der Waals surface area contributed by atoms with Gasteiger partial charge < -0.3 is 4.90 Å². The molecule has 1 aromatic carbocycles. The Hall–Kier alpha value is -2.68. The average Bonchev–Trinajstić information content (AvgIpc) is 2.67. The fourth-order valence-corrected chi connectivity index (χ4v) is 3.56. The number of alkyl halides is 3.